The molecule has 1 saturated heterocycles. The van der Waals surface area contributed by atoms with Crippen LogP contribution < -0.4 is 0 Å². The van der Waals surface area contributed by atoms with Crippen molar-refractivity contribution in [2.75, 3.05) is 6.54 Å². The summed E-state index contributed by atoms with van der Waals surface area (Å²) in [7, 11) is 0. The normalized spacial score (nSPS) is 20.7. The number of hydrogen-bond donors (Lipinski definition) is 0. The Hall–Kier alpha value is -1.19. The summed E-state index contributed by atoms with van der Waals surface area (Å²) in [5.74, 6) is -0.120. The first-order chi connectivity index (χ1) is 8.27. The molecule has 2 amide bonds. The highest BCUT2D eigenvalue weighted by atomic mass is 16.2. The van der Waals surface area contributed by atoms with Gasteiger partial charge in [-0.25, -0.2) is 0 Å². The predicted molar refractivity (Wildman–Crippen MR) is 68.8 cm³/mol. The van der Waals surface area contributed by atoms with Crippen molar-refractivity contribution in [3.8, 4) is 0 Å². The number of imide groups is 1. The molecule has 102 valence electrons. The fourth-order valence-corrected chi connectivity index (χ4v) is 2.08. The minimum atomic E-state index is -0.342. The van der Waals surface area contributed by atoms with Crippen LogP contribution >= 0.6 is 0 Å². The number of hydrogen-bond acceptors (Lipinski definition) is 3. The summed E-state index contributed by atoms with van der Waals surface area (Å²) in [6.45, 7) is 7.95. The first-order valence-corrected chi connectivity index (χ1v) is 6.65. The molecule has 0 bridgehead atoms. The summed E-state index contributed by atoms with van der Waals surface area (Å²) in [6.07, 6.45) is 2.05. The number of carbonyl (C=O) groups is 3. The standard InChI is InChI=1S/C14H23NO3/c1-5-10-9-12(17)15(13(10)18)8-6-7-11(16)14(2,3)4/h10H,5-9H2,1-4H3. The second-order valence-corrected chi connectivity index (χ2v) is 5.97. The Morgan fingerprint density at radius 1 is 1.33 bits per heavy atom. The fraction of sp³-hybridized carbons (Fsp3) is 0.786. The van der Waals surface area contributed by atoms with Crippen LogP contribution in [0, 0.1) is 11.3 Å². The molecule has 4 nitrogen and oxygen atoms in total. The van der Waals surface area contributed by atoms with Crippen molar-refractivity contribution in [3.05, 3.63) is 0 Å². The molecule has 1 heterocycles. The Balaban J connectivity index is 2.43. The lowest BCUT2D eigenvalue weighted by Gasteiger charge is -2.18. The van der Waals surface area contributed by atoms with Gasteiger partial charge in [0.1, 0.15) is 5.78 Å². The summed E-state index contributed by atoms with van der Waals surface area (Å²) < 4.78 is 0. The van der Waals surface area contributed by atoms with Crippen LogP contribution in [0.3, 0.4) is 0 Å². The van der Waals surface area contributed by atoms with Gasteiger partial charge in [-0.2, -0.15) is 0 Å². The second kappa shape index (κ2) is 5.63. The lowest BCUT2D eigenvalue weighted by Crippen LogP contribution is -2.32. The van der Waals surface area contributed by atoms with E-state index in [9.17, 15) is 14.4 Å². The molecule has 0 aromatic heterocycles. The van der Waals surface area contributed by atoms with Crippen molar-refractivity contribution in [2.24, 2.45) is 11.3 Å². The average molecular weight is 253 g/mol. The van der Waals surface area contributed by atoms with E-state index in [0.29, 0.717) is 32.2 Å². The average Bonchev–Trinajstić information content (AvgIpc) is 2.54. The fourth-order valence-electron chi connectivity index (χ4n) is 2.08. The Bertz CT molecular complexity index is 355. The molecule has 1 aliphatic rings. The van der Waals surface area contributed by atoms with E-state index in [1.165, 1.54) is 4.90 Å². The van der Waals surface area contributed by atoms with Crippen molar-refractivity contribution in [1.82, 2.24) is 4.90 Å². The third-order valence-corrected chi connectivity index (χ3v) is 3.45. The van der Waals surface area contributed by atoms with E-state index in [2.05, 4.69) is 0 Å². The molecule has 1 fully saturated rings. The Morgan fingerprint density at radius 3 is 2.39 bits per heavy atom. The molecular formula is C14H23NO3. The van der Waals surface area contributed by atoms with Gasteiger partial charge < -0.3 is 0 Å². The van der Waals surface area contributed by atoms with Gasteiger partial charge in [-0.05, 0) is 12.8 Å². The van der Waals surface area contributed by atoms with Gasteiger partial charge in [0.05, 0.1) is 0 Å². The third kappa shape index (κ3) is 3.40. The zero-order valence-electron chi connectivity index (χ0n) is 11.8. The summed E-state index contributed by atoms with van der Waals surface area (Å²) in [6, 6.07) is 0. The van der Waals surface area contributed by atoms with E-state index in [1.807, 2.05) is 27.7 Å². The van der Waals surface area contributed by atoms with E-state index < -0.39 is 0 Å². The summed E-state index contributed by atoms with van der Waals surface area (Å²) in [5, 5.41) is 0. The van der Waals surface area contributed by atoms with Gasteiger partial charge in [-0.3, -0.25) is 19.3 Å². The smallest absolute Gasteiger partial charge is 0.232 e. The molecule has 0 aromatic carbocycles. The highest BCUT2D eigenvalue weighted by Gasteiger charge is 2.36. The monoisotopic (exact) mass is 253 g/mol. The van der Waals surface area contributed by atoms with Gasteiger partial charge in [0.25, 0.3) is 0 Å². The minimum absolute atomic E-state index is 0.0642. The number of likely N-dealkylation sites (tertiary alicyclic amines) is 1. The molecule has 1 rings (SSSR count). The quantitative estimate of drug-likeness (QED) is 0.706. The zero-order chi connectivity index (χ0) is 13.9. The van der Waals surface area contributed by atoms with Gasteiger partial charge in [-0.1, -0.05) is 27.7 Å². The zero-order valence-corrected chi connectivity index (χ0v) is 11.8. The second-order valence-electron chi connectivity index (χ2n) is 5.97. The SMILES string of the molecule is CCC1CC(=O)N(CCCC(=O)C(C)(C)C)C1=O. The number of Topliss-reactive ketones (excluding diaryl/α,β-unsaturated/α-hetero) is 1. The van der Waals surface area contributed by atoms with E-state index in [1.54, 1.807) is 0 Å². The number of amides is 2. The molecule has 0 N–H and O–H groups in total. The van der Waals surface area contributed by atoms with Crippen LogP contribution in [0.2, 0.25) is 0 Å². The van der Waals surface area contributed by atoms with Crippen LogP contribution in [0.15, 0.2) is 0 Å². The minimum Gasteiger partial charge on any atom is -0.299 e. The molecule has 1 unspecified atom stereocenters. The lowest BCUT2D eigenvalue weighted by atomic mass is 9.88. The number of rotatable bonds is 5. The van der Waals surface area contributed by atoms with Gasteiger partial charge in [-0.15, -0.1) is 0 Å². The first kappa shape index (κ1) is 14.9. The predicted octanol–water partition coefficient (Wildman–Crippen LogP) is 2.17. The van der Waals surface area contributed by atoms with Crippen LogP contribution in [-0.4, -0.2) is 29.0 Å². The first-order valence-electron chi connectivity index (χ1n) is 6.65. The molecule has 0 aromatic rings. The molecular weight excluding hydrogens is 230 g/mol. The van der Waals surface area contributed by atoms with Crippen LogP contribution in [-0.2, 0) is 14.4 Å². The van der Waals surface area contributed by atoms with Crippen LogP contribution in [0.25, 0.3) is 0 Å². The van der Waals surface area contributed by atoms with Gasteiger partial charge in [0, 0.05) is 30.7 Å². The molecule has 1 aliphatic heterocycles. The Morgan fingerprint density at radius 2 is 1.94 bits per heavy atom. The summed E-state index contributed by atoms with van der Waals surface area (Å²) >= 11 is 0. The molecule has 4 heteroatoms. The van der Waals surface area contributed by atoms with Gasteiger partial charge in [0.2, 0.25) is 11.8 Å². The van der Waals surface area contributed by atoms with Crippen LogP contribution in [0.1, 0.15) is 53.4 Å². The Kier molecular flexibility index (Phi) is 4.65. The van der Waals surface area contributed by atoms with Crippen LogP contribution in [0.5, 0.6) is 0 Å². The molecule has 0 radical (unpaired) electrons. The highest BCUT2D eigenvalue weighted by molar-refractivity contribution is 6.03. The van der Waals surface area contributed by atoms with Crippen LogP contribution in [0.4, 0.5) is 0 Å². The molecule has 0 saturated carbocycles. The van der Waals surface area contributed by atoms with Crippen molar-refractivity contribution in [1.29, 1.82) is 0 Å². The van der Waals surface area contributed by atoms with E-state index in [4.69, 9.17) is 0 Å². The number of carbonyl (C=O) groups excluding carboxylic acids is 3. The van der Waals surface area contributed by atoms with Crippen molar-refractivity contribution >= 4 is 17.6 Å². The summed E-state index contributed by atoms with van der Waals surface area (Å²) in [4.78, 5) is 36.5. The maximum Gasteiger partial charge on any atom is 0.232 e. The van der Waals surface area contributed by atoms with Gasteiger partial charge >= 0.3 is 0 Å². The molecule has 0 aliphatic carbocycles. The molecule has 0 spiro atoms. The maximum absolute atomic E-state index is 11.8. The van der Waals surface area contributed by atoms with Crippen molar-refractivity contribution in [2.45, 2.75) is 53.4 Å². The summed E-state index contributed by atoms with van der Waals surface area (Å²) in [5.41, 5.74) is -0.342. The van der Waals surface area contributed by atoms with E-state index in [-0.39, 0.29) is 28.9 Å². The largest absolute Gasteiger partial charge is 0.299 e. The van der Waals surface area contributed by atoms with Gasteiger partial charge in [0.15, 0.2) is 0 Å². The third-order valence-electron chi connectivity index (χ3n) is 3.45. The van der Waals surface area contributed by atoms with E-state index in [0.717, 1.165) is 0 Å². The Labute approximate surface area is 109 Å². The van der Waals surface area contributed by atoms with Crippen molar-refractivity contribution < 1.29 is 14.4 Å². The van der Waals surface area contributed by atoms with Crippen molar-refractivity contribution in [3.63, 3.8) is 0 Å². The highest BCUT2D eigenvalue weighted by Crippen LogP contribution is 2.23. The number of nitrogens with zero attached hydrogens (tertiary/aromatic N) is 1. The number of ketones is 1. The molecule has 18 heavy (non-hydrogen) atoms. The lowest BCUT2D eigenvalue weighted by molar-refractivity contribution is -0.140. The van der Waals surface area contributed by atoms with E-state index >= 15 is 0 Å². The maximum atomic E-state index is 11.8. The topological polar surface area (TPSA) is 54.5 Å². The molecule has 1 atom stereocenters.